The summed E-state index contributed by atoms with van der Waals surface area (Å²) in [4.78, 5) is 26.6. The average Bonchev–Trinajstić information content (AvgIpc) is 2.64. The summed E-state index contributed by atoms with van der Waals surface area (Å²) in [6.45, 7) is 2.15. The number of carbonyl (C=O) groups is 2. The Morgan fingerprint density at radius 1 is 1.21 bits per heavy atom. The highest BCUT2D eigenvalue weighted by Crippen LogP contribution is 2.17. The van der Waals surface area contributed by atoms with Crippen molar-refractivity contribution in [2.45, 2.75) is 6.92 Å². The molecule has 0 saturated carbocycles. The number of urea groups is 1. The van der Waals surface area contributed by atoms with Crippen LogP contribution in [0.1, 0.15) is 12.5 Å². The maximum atomic E-state index is 11.9. The van der Waals surface area contributed by atoms with Gasteiger partial charge in [-0.15, -0.1) is 0 Å². The van der Waals surface area contributed by atoms with Crippen molar-refractivity contribution in [2.24, 2.45) is 0 Å². The number of imide groups is 1. The molecule has 0 bridgehead atoms. The van der Waals surface area contributed by atoms with Gasteiger partial charge in [0.05, 0.1) is 0 Å². The molecule has 0 atom stereocenters. The molecule has 0 radical (unpaired) electrons. The van der Waals surface area contributed by atoms with E-state index in [-0.39, 0.29) is 11.9 Å². The number of benzene rings is 1. The predicted molar refractivity (Wildman–Crippen MR) is 74.7 cm³/mol. The topological polar surface area (TPSA) is 52.7 Å². The Morgan fingerprint density at radius 2 is 1.84 bits per heavy atom. The number of nitrogens with zero attached hydrogens (tertiary/aromatic N) is 2. The summed E-state index contributed by atoms with van der Waals surface area (Å²) < 4.78 is 0. The van der Waals surface area contributed by atoms with Crippen LogP contribution in [0.25, 0.3) is 6.08 Å². The summed E-state index contributed by atoms with van der Waals surface area (Å²) in [5, 5.41) is 2.58. The van der Waals surface area contributed by atoms with E-state index >= 15 is 0 Å². The minimum atomic E-state index is -0.358. The molecule has 1 aromatic carbocycles. The van der Waals surface area contributed by atoms with Crippen LogP contribution in [0, 0.1) is 0 Å². The fourth-order valence-corrected chi connectivity index (χ4v) is 1.89. The van der Waals surface area contributed by atoms with Crippen molar-refractivity contribution >= 4 is 23.7 Å². The SMILES string of the molecule is CCN1C(=O)NC(=Cc2ccc(N(C)C)cc2)C1=O. The Bertz CT molecular complexity index is 532. The zero-order chi connectivity index (χ0) is 14.0. The molecule has 2 rings (SSSR count). The lowest BCUT2D eigenvalue weighted by molar-refractivity contribution is -0.122. The number of amides is 3. The van der Waals surface area contributed by atoms with Gasteiger partial charge < -0.3 is 10.2 Å². The first-order valence-electron chi connectivity index (χ1n) is 6.15. The minimum Gasteiger partial charge on any atom is -0.378 e. The molecule has 1 heterocycles. The molecule has 1 N–H and O–H groups in total. The number of nitrogens with one attached hydrogen (secondary N) is 1. The second-order valence-corrected chi connectivity index (χ2v) is 4.52. The second-order valence-electron chi connectivity index (χ2n) is 4.52. The third-order valence-corrected chi connectivity index (χ3v) is 3.00. The molecule has 5 heteroatoms. The molecule has 100 valence electrons. The van der Waals surface area contributed by atoms with Gasteiger partial charge in [-0.3, -0.25) is 9.69 Å². The van der Waals surface area contributed by atoms with Crippen LogP contribution in [0.5, 0.6) is 0 Å². The number of hydrogen-bond donors (Lipinski definition) is 1. The predicted octanol–water partition coefficient (Wildman–Crippen LogP) is 1.67. The zero-order valence-electron chi connectivity index (χ0n) is 11.3. The summed E-state index contributed by atoms with van der Waals surface area (Å²) in [5.41, 5.74) is 2.29. The van der Waals surface area contributed by atoms with Crippen molar-refractivity contribution in [1.82, 2.24) is 10.2 Å². The van der Waals surface area contributed by atoms with Crippen molar-refractivity contribution in [3.8, 4) is 0 Å². The summed E-state index contributed by atoms with van der Waals surface area (Å²) in [6, 6.07) is 7.40. The van der Waals surface area contributed by atoms with Crippen molar-refractivity contribution in [2.75, 3.05) is 25.5 Å². The van der Waals surface area contributed by atoms with E-state index < -0.39 is 0 Å². The Hall–Kier alpha value is -2.30. The van der Waals surface area contributed by atoms with Gasteiger partial charge in [-0.1, -0.05) is 12.1 Å². The van der Waals surface area contributed by atoms with Gasteiger partial charge >= 0.3 is 6.03 Å². The number of hydrogen-bond acceptors (Lipinski definition) is 3. The van der Waals surface area contributed by atoms with E-state index in [2.05, 4.69) is 5.32 Å². The molecular weight excluding hydrogens is 242 g/mol. The Morgan fingerprint density at radius 3 is 2.32 bits per heavy atom. The lowest BCUT2D eigenvalue weighted by Gasteiger charge is -2.11. The lowest BCUT2D eigenvalue weighted by atomic mass is 10.1. The Labute approximate surface area is 112 Å². The molecule has 1 aliphatic rings. The fraction of sp³-hybridized carbons (Fsp3) is 0.286. The van der Waals surface area contributed by atoms with Crippen LogP contribution in [0.2, 0.25) is 0 Å². The third kappa shape index (κ3) is 2.59. The molecule has 3 amide bonds. The van der Waals surface area contributed by atoms with Crippen molar-refractivity contribution in [3.63, 3.8) is 0 Å². The normalized spacial score (nSPS) is 17.0. The highest BCUT2D eigenvalue weighted by molar-refractivity contribution is 6.13. The molecule has 0 spiro atoms. The van der Waals surface area contributed by atoms with Gasteiger partial charge in [-0.25, -0.2) is 4.79 Å². The van der Waals surface area contributed by atoms with Crippen LogP contribution in [-0.2, 0) is 4.79 Å². The maximum Gasteiger partial charge on any atom is 0.328 e. The number of anilines is 1. The molecule has 0 aromatic heterocycles. The molecular formula is C14H17N3O2. The van der Waals surface area contributed by atoms with E-state index in [0.717, 1.165) is 11.3 Å². The molecule has 1 aromatic rings. The largest absolute Gasteiger partial charge is 0.378 e. The Balaban J connectivity index is 2.22. The van der Waals surface area contributed by atoms with Crippen molar-refractivity contribution in [1.29, 1.82) is 0 Å². The first-order chi connectivity index (χ1) is 9.02. The van der Waals surface area contributed by atoms with Crippen molar-refractivity contribution < 1.29 is 9.59 Å². The van der Waals surface area contributed by atoms with E-state index in [1.807, 2.05) is 43.3 Å². The second kappa shape index (κ2) is 5.14. The quantitative estimate of drug-likeness (QED) is 0.663. The average molecular weight is 259 g/mol. The maximum absolute atomic E-state index is 11.9. The van der Waals surface area contributed by atoms with Gasteiger partial charge in [-0.2, -0.15) is 0 Å². The number of rotatable bonds is 3. The summed E-state index contributed by atoms with van der Waals surface area (Å²) in [7, 11) is 3.93. The summed E-state index contributed by atoms with van der Waals surface area (Å²) in [6.07, 6.45) is 1.69. The lowest BCUT2D eigenvalue weighted by Crippen LogP contribution is -2.30. The van der Waals surface area contributed by atoms with E-state index in [4.69, 9.17) is 0 Å². The third-order valence-electron chi connectivity index (χ3n) is 3.00. The van der Waals surface area contributed by atoms with Crippen LogP contribution in [0.15, 0.2) is 30.0 Å². The molecule has 0 aliphatic carbocycles. The molecule has 1 saturated heterocycles. The van der Waals surface area contributed by atoms with Gasteiger partial charge in [0.1, 0.15) is 5.70 Å². The molecule has 1 aliphatic heterocycles. The van der Waals surface area contributed by atoms with Crippen LogP contribution in [0.3, 0.4) is 0 Å². The van der Waals surface area contributed by atoms with Gasteiger partial charge in [0.2, 0.25) is 0 Å². The number of likely N-dealkylation sites (N-methyl/N-ethyl adjacent to an activating group) is 1. The van der Waals surface area contributed by atoms with Crippen LogP contribution < -0.4 is 10.2 Å². The summed E-state index contributed by atoms with van der Waals surface area (Å²) >= 11 is 0. The molecule has 19 heavy (non-hydrogen) atoms. The molecule has 1 fully saturated rings. The zero-order valence-corrected chi connectivity index (χ0v) is 11.3. The smallest absolute Gasteiger partial charge is 0.328 e. The number of carbonyl (C=O) groups excluding carboxylic acids is 2. The van der Waals surface area contributed by atoms with Gasteiger partial charge in [0, 0.05) is 26.3 Å². The van der Waals surface area contributed by atoms with E-state index in [0.29, 0.717) is 12.2 Å². The Kier molecular flexibility index (Phi) is 3.55. The van der Waals surface area contributed by atoms with Gasteiger partial charge in [-0.05, 0) is 30.7 Å². The molecule has 5 nitrogen and oxygen atoms in total. The van der Waals surface area contributed by atoms with Crippen LogP contribution in [0.4, 0.5) is 10.5 Å². The van der Waals surface area contributed by atoms with Crippen LogP contribution >= 0.6 is 0 Å². The van der Waals surface area contributed by atoms with Crippen molar-refractivity contribution in [3.05, 3.63) is 35.5 Å². The first kappa shape index (κ1) is 13.1. The minimum absolute atomic E-state index is 0.274. The highest BCUT2D eigenvalue weighted by Gasteiger charge is 2.31. The monoisotopic (exact) mass is 259 g/mol. The van der Waals surface area contributed by atoms with E-state index in [9.17, 15) is 9.59 Å². The summed E-state index contributed by atoms with van der Waals surface area (Å²) in [5.74, 6) is -0.274. The first-order valence-corrected chi connectivity index (χ1v) is 6.15. The van der Waals surface area contributed by atoms with E-state index in [1.165, 1.54) is 4.90 Å². The van der Waals surface area contributed by atoms with Gasteiger partial charge in [0.15, 0.2) is 0 Å². The van der Waals surface area contributed by atoms with E-state index in [1.54, 1.807) is 13.0 Å². The van der Waals surface area contributed by atoms with Crippen LogP contribution in [-0.4, -0.2) is 37.5 Å². The standard InChI is InChI=1S/C14H17N3O2/c1-4-17-13(18)12(15-14(17)19)9-10-5-7-11(8-6-10)16(2)3/h5-9H,4H2,1-3H3,(H,15,19). The molecule has 0 unspecified atom stereocenters. The fourth-order valence-electron chi connectivity index (χ4n) is 1.89. The highest BCUT2D eigenvalue weighted by atomic mass is 16.2. The van der Waals surface area contributed by atoms with Gasteiger partial charge in [0.25, 0.3) is 5.91 Å².